The second-order valence-electron chi connectivity index (χ2n) is 5.62. The third kappa shape index (κ3) is 1.90. The summed E-state index contributed by atoms with van der Waals surface area (Å²) >= 11 is 6.04. The Morgan fingerprint density at radius 1 is 0.875 bits per heavy atom. The molecule has 0 amide bonds. The van der Waals surface area contributed by atoms with Crippen LogP contribution in [-0.2, 0) is 0 Å². The predicted molar refractivity (Wildman–Crippen MR) is 95.2 cm³/mol. The fourth-order valence-corrected chi connectivity index (χ4v) is 3.25. The van der Waals surface area contributed by atoms with E-state index < -0.39 is 0 Å². The molecule has 4 nitrogen and oxygen atoms in total. The van der Waals surface area contributed by atoms with E-state index in [0.29, 0.717) is 5.02 Å². The summed E-state index contributed by atoms with van der Waals surface area (Å²) in [5.41, 5.74) is 6.70. The van der Waals surface area contributed by atoms with Gasteiger partial charge in [0, 0.05) is 27.9 Å². The first-order valence-corrected chi connectivity index (χ1v) is 7.96. The third-order valence-corrected chi connectivity index (χ3v) is 4.47. The number of hydrogen-bond donors (Lipinski definition) is 0. The molecule has 2 aromatic heterocycles. The number of benzene rings is 2. The molecule has 0 bridgehead atoms. The maximum absolute atomic E-state index is 6.04. The van der Waals surface area contributed by atoms with Crippen LogP contribution in [0.1, 0.15) is 11.1 Å². The van der Waals surface area contributed by atoms with Crippen LogP contribution in [0, 0.1) is 0 Å². The van der Waals surface area contributed by atoms with E-state index >= 15 is 0 Å². The van der Waals surface area contributed by atoms with Gasteiger partial charge in [0.25, 0.3) is 0 Å². The Labute approximate surface area is 143 Å². The van der Waals surface area contributed by atoms with Gasteiger partial charge in [-0.2, -0.15) is 5.10 Å². The average molecular weight is 331 g/mol. The van der Waals surface area contributed by atoms with E-state index in [1.165, 1.54) is 0 Å². The van der Waals surface area contributed by atoms with Gasteiger partial charge in [-0.25, -0.2) is 14.5 Å². The minimum atomic E-state index is 0.708. The Morgan fingerprint density at radius 2 is 1.71 bits per heavy atom. The summed E-state index contributed by atoms with van der Waals surface area (Å²) in [4.78, 5) is 9.47. The van der Waals surface area contributed by atoms with Gasteiger partial charge in [-0.3, -0.25) is 0 Å². The number of hydrogen-bond acceptors (Lipinski definition) is 3. The molecule has 24 heavy (non-hydrogen) atoms. The summed E-state index contributed by atoms with van der Waals surface area (Å²) < 4.78 is 1.85. The Hall–Kier alpha value is -2.98. The minimum Gasteiger partial charge on any atom is -0.247 e. The molecule has 5 rings (SSSR count). The second kappa shape index (κ2) is 5.01. The molecule has 0 N–H and O–H groups in total. The van der Waals surface area contributed by atoms with Gasteiger partial charge in [0.1, 0.15) is 17.5 Å². The van der Waals surface area contributed by atoms with E-state index in [2.05, 4.69) is 10.1 Å². The normalized spacial score (nSPS) is 12.6. The van der Waals surface area contributed by atoms with Gasteiger partial charge in [0.2, 0.25) is 0 Å². The topological polar surface area (TPSA) is 42.5 Å². The molecule has 0 unspecified atom stereocenters. The van der Waals surface area contributed by atoms with Gasteiger partial charge in [-0.05, 0) is 24.3 Å². The lowest BCUT2D eigenvalue weighted by Gasteiger charge is -2.05. The molecule has 5 heteroatoms. The molecule has 2 aromatic carbocycles. The molecule has 0 fully saturated rings. The lowest BCUT2D eigenvalue weighted by molar-refractivity contribution is 0.906. The third-order valence-electron chi connectivity index (χ3n) is 4.22. The van der Waals surface area contributed by atoms with Crippen molar-refractivity contribution in [3.8, 4) is 11.3 Å². The van der Waals surface area contributed by atoms with Crippen molar-refractivity contribution < 1.29 is 0 Å². The van der Waals surface area contributed by atoms with E-state index in [4.69, 9.17) is 16.6 Å². The Kier molecular flexibility index (Phi) is 2.81. The molecule has 0 saturated carbocycles. The van der Waals surface area contributed by atoms with Crippen molar-refractivity contribution in [2.45, 2.75) is 0 Å². The molecule has 0 atom stereocenters. The first kappa shape index (κ1) is 13.5. The second-order valence-corrected chi connectivity index (χ2v) is 6.05. The average Bonchev–Trinajstić information content (AvgIpc) is 2.98. The molecule has 0 saturated heterocycles. The van der Waals surface area contributed by atoms with E-state index in [0.717, 1.165) is 39.3 Å². The summed E-state index contributed by atoms with van der Waals surface area (Å²) in [6.07, 6.45) is 3.52. The number of rotatable bonds is 1. The van der Waals surface area contributed by atoms with Gasteiger partial charge in [0.05, 0.1) is 11.4 Å². The smallest absolute Gasteiger partial charge is 0.137 e. The van der Waals surface area contributed by atoms with Gasteiger partial charge in [-0.15, -0.1) is 0 Å². The molecule has 4 aromatic rings. The van der Waals surface area contributed by atoms with E-state index in [-0.39, 0.29) is 0 Å². The van der Waals surface area contributed by atoms with Crippen LogP contribution in [0.4, 0.5) is 5.69 Å². The molecule has 114 valence electrons. The Morgan fingerprint density at radius 3 is 2.58 bits per heavy atom. The largest absolute Gasteiger partial charge is 0.247 e. The van der Waals surface area contributed by atoms with Crippen LogP contribution in [0.3, 0.4) is 0 Å². The molecule has 0 radical (unpaired) electrons. The standard InChI is InChI=1S/C19H11ClN4/c20-13-7-5-12(6-8-13)17-15-9-10-24-19(15)18(21-11-22-24)14-3-1-2-4-16(14)23-17/h1-11H. The molecular weight excluding hydrogens is 320 g/mol. The minimum absolute atomic E-state index is 0.708. The SMILES string of the molecule is Clc1ccc(C2=Nc3ccccc3-c3ncnn4ccc2c34)cc1. The number of fused-ring (bicyclic) bond motifs is 2. The van der Waals surface area contributed by atoms with E-state index in [1.807, 2.05) is 65.3 Å². The van der Waals surface area contributed by atoms with Crippen molar-refractivity contribution >= 4 is 28.5 Å². The van der Waals surface area contributed by atoms with E-state index in [1.54, 1.807) is 6.33 Å². The summed E-state index contributed by atoms with van der Waals surface area (Å²) in [6, 6.07) is 17.8. The Balaban J connectivity index is 1.91. The highest BCUT2D eigenvalue weighted by Crippen LogP contribution is 2.37. The zero-order chi connectivity index (χ0) is 16.1. The lowest BCUT2D eigenvalue weighted by Crippen LogP contribution is -2.03. The van der Waals surface area contributed by atoms with Crippen molar-refractivity contribution in [1.29, 1.82) is 0 Å². The number of halogens is 1. The summed E-state index contributed by atoms with van der Waals surface area (Å²) in [5, 5.41) is 5.04. The summed E-state index contributed by atoms with van der Waals surface area (Å²) in [5.74, 6) is 0. The van der Waals surface area contributed by atoms with Crippen LogP contribution < -0.4 is 0 Å². The van der Waals surface area contributed by atoms with Crippen LogP contribution in [0.5, 0.6) is 0 Å². The van der Waals surface area contributed by atoms with Crippen LogP contribution >= 0.6 is 11.6 Å². The molecule has 1 aliphatic rings. The number of aromatic nitrogens is 3. The quantitative estimate of drug-likeness (QED) is 0.453. The molecule has 1 aliphatic heterocycles. The fraction of sp³-hybridized carbons (Fsp3) is 0. The summed E-state index contributed by atoms with van der Waals surface area (Å²) in [6.45, 7) is 0. The zero-order valence-electron chi connectivity index (χ0n) is 12.5. The molecular formula is C19H11ClN4. The maximum atomic E-state index is 6.04. The van der Waals surface area contributed by atoms with Crippen molar-refractivity contribution in [2.24, 2.45) is 4.99 Å². The van der Waals surface area contributed by atoms with Crippen LogP contribution in [-0.4, -0.2) is 20.3 Å². The highest BCUT2D eigenvalue weighted by atomic mass is 35.5. The number of nitrogens with zero attached hydrogens (tertiary/aromatic N) is 4. The predicted octanol–water partition coefficient (Wildman–Crippen LogP) is 4.53. The first-order valence-electron chi connectivity index (χ1n) is 7.58. The zero-order valence-corrected chi connectivity index (χ0v) is 13.3. The molecule has 3 heterocycles. The van der Waals surface area contributed by atoms with Gasteiger partial charge in [-0.1, -0.05) is 41.9 Å². The van der Waals surface area contributed by atoms with Crippen LogP contribution in [0.15, 0.2) is 72.1 Å². The van der Waals surface area contributed by atoms with Crippen LogP contribution in [0.2, 0.25) is 5.02 Å². The molecule has 0 aliphatic carbocycles. The van der Waals surface area contributed by atoms with Gasteiger partial charge >= 0.3 is 0 Å². The number of aliphatic imine (C=N–C) groups is 1. The van der Waals surface area contributed by atoms with Gasteiger partial charge < -0.3 is 0 Å². The fourth-order valence-electron chi connectivity index (χ4n) is 3.12. The van der Waals surface area contributed by atoms with Crippen molar-refractivity contribution in [3.63, 3.8) is 0 Å². The maximum Gasteiger partial charge on any atom is 0.137 e. The summed E-state index contributed by atoms with van der Waals surface area (Å²) in [7, 11) is 0. The highest BCUT2D eigenvalue weighted by molar-refractivity contribution is 6.31. The van der Waals surface area contributed by atoms with Crippen molar-refractivity contribution in [1.82, 2.24) is 14.6 Å². The van der Waals surface area contributed by atoms with Gasteiger partial charge in [0.15, 0.2) is 0 Å². The lowest BCUT2D eigenvalue weighted by atomic mass is 10.0. The van der Waals surface area contributed by atoms with Crippen molar-refractivity contribution in [2.75, 3.05) is 0 Å². The van der Waals surface area contributed by atoms with Crippen molar-refractivity contribution in [3.05, 3.63) is 83.3 Å². The first-order chi connectivity index (χ1) is 11.8. The number of para-hydroxylation sites is 1. The van der Waals surface area contributed by atoms with E-state index in [9.17, 15) is 0 Å². The monoisotopic (exact) mass is 330 g/mol. The Bertz CT molecular complexity index is 1110. The molecule has 0 spiro atoms. The highest BCUT2D eigenvalue weighted by Gasteiger charge is 2.22. The van der Waals surface area contributed by atoms with Crippen LogP contribution in [0.25, 0.3) is 16.8 Å².